The van der Waals surface area contributed by atoms with E-state index in [1.807, 2.05) is 19.1 Å². The number of hydrogen-bond acceptors (Lipinski definition) is 2. The summed E-state index contributed by atoms with van der Waals surface area (Å²) in [6, 6.07) is 6.23. The Morgan fingerprint density at radius 3 is 2.76 bits per heavy atom. The van der Waals surface area contributed by atoms with Gasteiger partial charge in [-0.2, -0.15) is 0 Å². The van der Waals surface area contributed by atoms with E-state index in [-0.39, 0.29) is 6.04 Å². The van der Waals surface area contributed by atoms with Gasteiger partial charge in [-0.1, -0.05) is 28.8 Å². The molecule has 1 aromatic rings. The third kappa shape index (κ3) is 3.02. The van der Waals surface area contributed by atoms with Crippen molar-refractivity contribution >= 4 is 15.9 Å². The van der Waals surface area contributed by atoms with Gasteiger partial charge in [-0.25, -0.2) is 0 Å². The fraction of sp³-hybridized carbons (Fsp3) is 0.571. The Morgan fingerprint density at radius 2 is 2.12 bits per heavy atom. The molecule has 2 rings (SSSR count). The molecule has 2 nitrogen and oxygen atoms in total. The van der Waals surface area contributed by atoms with E-state index in [1.165, 1.54) is 25.7 Å². The molecule has 0 unspecified atom stereocenters. The zero-order chi connectivity index (χ0) is 12.3. The monoisotopic (exact) mass is 297 g/mol. The molecular formula is C14H20BrNO. The molecule has 0 heterocycles. The first-order valence-corrected chi connectivity index (χ1v) is 7.19. The normalized spacial score (nSPS) is 18.3. The van der Waals surface area contributed by atoms with E-state index in [4.69, 9.17) is 10.5 Å². The van der Waals surface area contributed by atoms with Crippen LogP contribution < -0.4 is 10.5 Å². The van der Waals surface area contributed by atoms with Crippen LogP contribution in [0.5, 0.6) is 5.75 Å². The highest BCUT2D eigenvalue weighted by atomic mass is 79.9. The summed E-state index contributed by atoms with van der Waals surface area (Å²) < 4.78 is 6.75. The molecule has 1 saturated carbocycles. The van der Waals surface area contributed by atoms with E-state index in [0.29, 0.717) is 12.5 Å². The van der Waals surface area contributed by atoms with Gasteiger partial charge >= 0.3 is 0 Å². The molecule has 1 aliphatic rings. The predicted molar refractivity (Wildman–Crippen MR) is 74.2 cm³/mol. The number of ether oxygens (including phenoxy) is 1. The fourth-order valence-corrected chi connectivity index (χ4v) is 3.02. The minimum Gasteiger partial charge on any atom is -0.494 e. The summed E-state index contributed by atoms with van der Waals surface area (Å²) in [6.07, 6.45) is 5.13. The van der Waals surface area contributed by atoms with Crippen LogP contribution in [0.3, 0.4) is 0 Å². The average molecular weight is 298 g/mol. The van der Waals surface area contributed by atoms with Crippen LogP contribution in [0.25, 0.3) is 0 Å². The van der Waals surface area contributed by atoms with Gasteiger partial charge in [-0.15, -0.1) is 0 Å². The lowest BCUT2D eigenvalue weighted by atomic mass is 9.92. The second kappa shape index (κ2) is 5.87. The summed E-state index contributed by atoms with van der Waals surface area (Å²) in [4.78, 5) is 0. The molecule has 0 aliphatic heterocycles. The Bertz CT molecular complexity index is 374. The lowest BCUT2D eigenvalue weighted by Crippen LogP contribution is -2.20. The first kappa shape index (κ1) is 12.9. The maximum absolute atomic E-state index is 6.40. The van der Waals surface area contributed by atoms with Gasteiger partial charge in [0.2, 0.25) is 0 Å². The molecule has 0 spiro atoms. The van der Waals surface area contributed by atoms with E-state index < -0.39 is 0 Å². The summed E-state index contributed by atoms with van der Waals surface area (Å²) >= 11 is 3.51. The Balaban J connectivity index is 2.24. The Hall–Kier alpha value is -0.540. The van der Waals surface area contributed by atoms with Gasteiger partial charge in [0.25, 0.3) is 0 Å². The predicted octanol–water partition coefficient (Wildman–Crippen LogP) is 4.04. The van der Waals surface area contributed by atoms with Crippen LogP contribution in [0.4, 0.5) is 0 Å². The molecule has 0 saturated heterocycles. The summed E-state index contributed by atoms with van der Waals surface area (Å²) in [7, 11) is 0. The van der Waals surface area contributed by atoms with Gasteiger partial charge in [0, 0.05) is 16.1 Å². The van der Waals surface area contributed by atoms with Crippen molar-refractivity contribution < 1.29 is 4.74 Å². The molecule has 0 amide bonds. The first-order chi connectivity index (χ1) is 8.22. The maximum Gasteiger partial charge on any atom is 0.124 e. The third-order valence-corrected chi connectivity index (χ3v) is 4.03. The minimum atomic E-state index is 0.108. The number of hydrogen-bond donors (Lipinski definition) is 1. The Kier molecular flexibility index (Phi) is 4.46. The van der Waals surface area contributed by atoms with Gasteiger partial charge < -0.3 is 10.5 Å². The number of halogens is 1. The standard InChI is InChI=1S/C14H20BrNO/c1-2-17-13-8-7-11(15)9-12(13)14(16)10-5-3-4-6-10/h7-10,14H,2-6,16H2,1H3/t14-/m1/s1. The lowest BCUT2D eigenvalue weighted by Gasteiger charge is -2.22. The van der Waals surface area contributed by atoms with Crippen LogP contribution in [-0.4, -0.2) is 6.61 Å². The molecule has 17 heavy (non-hydrogen) atoms. The Morgan fingerprint density at radius 1 is 1.41 bits per heavy atom. The SMILES string of the molecule is CCOc1ccc(Br)cc1[C@H](N)C1CCCC1. The van der Waals surface area contributed by atoms with E-state index in [1.54, 1.807) is 0 Å². The van der Waals surface area contributed by atoms with E-state index in [9.17, 15) is 0 Å². The minimum absolute atomic E-state index is 0.108. The van der Waals surface area contributed by atoms with Gasteiger partial charge in [0.1, 0.15) is 5.75 Å². The van der Waals surface area contributed by atoms with Crippen molar-refractivity contribution in [3.8, 4) is 5.75 Å². The first-order valence-electron chi connectivity index (χ1n) is 6.40. The van der Waals surface area contributed by atoms with Crippen LogP contribution in [0, 0.1) is 5.92 Å². The van der Waals surface area contributed by atoms with Crippen LogP contribution in [0.2, 0.25) is 0 Å². The van der Waals surface area contributed by atoms with Crippen molar-refractivity contribution in [3.05, 3.63) is 28.2 Å². The highest BCUT2D eigenvalue weighted by Crippen LogP contribution is 2.38. The molecule has 1 aromatic carbocycles. The van der Waals surface area contributed by atoms with E-state index in [2.05, 4.69) is 22.0 Å². The van der Waals surface area contributed by atoms with Gasteiger partial charge in [0.05, 0.1) is 6.61 Å². The third-order valence-electron chi connectivity index (χ3n) is 3.54. The second-order valence-corrected chi connectivity index (χ2v) is 5.60. The van der Waals surface area contributed by atoms with Crippen LogP contribution in [0.15, 0.2) is 22.7 Å². The fourth-order valence-electron chi connectivity index (χ4n) is 2.64. The summed E-state index contributed by atoms with van der Waals surface area (Å²) in [6.45, 7) is 2.69. The van der Waals surface area contributed by atoms with Crippen LogP contribution >= 0.6 is 15.9 Å². The van der Waals surface area contributed by atoms with Crippen molar-refractivity contribution in [2.45, 2.75) is 38.6 Å². The quantitative estimate of drug-likeness (QED) is 0.910. The van der Waals surface area contributed by atoms with Crippen molar-refractivity contribution in [1.82, 2.24) is 0 Å². The molecule has 0 bridgehead atoms. The molecule has 0 aromatic heterocycles. The van der Waals surface area contributed by atoms with Crippen molar-refractivity contribution in [2.24, 2.45) is 11.7 Å². The molecule has 1 aliphatic carbocycles. The molecule has 3 heteroatoms. The van der Waals surface area contributed by atoms with Gasteiger partial charge in [-0.05, 0) is 43.9 Å². The number of benzene rings is 1. The zero-order valence-corrected chi connectivity index (χ0v) is 11.9. The van der Waals surface area contributed by atoms with Crippen molar-refractivity contribution in [2.75, 3.05) is 6.61 Å². The van der Waals surface area contributed by atoms with E-state index in [0.717, 1.165) is 15.8 Å². The molecule has 1 atom stereocenters. The summed E-state index contributed by atoms with van der Waals surface area (Å²) in [5.41, 5.74) is 7.55. The van der Waals surface area contributed by atoms with Gasteiger partial charge in [-0.3, -0.25) is 0 Å². The second-order valence-electron chi connectivity index (χ2n) is 4.69. The van der Waals surface area contributed by atoms with Crippen LogP contribution in [0.1, 0.15) is 44.2 Å². The van der Waals surface area contributed by atoms with Crippen molar-refractivity contribution in [1.29, 1.82) is 0 Å². The summed E-state index contributed by atoms with van der Waals surface area (Å²) in [5, 5.41) is 0. The average Bonchev–Trinajstić information content (AvgIpc) is 2.84. The van der Waals surface area contributed by atoms with E-state index >= 15 is 0 Å². The van der Waals surface area contributed by atoms with Crippen LogP contribution in [-0.2, 0) is 0 Å². The molecular weight excluding hydrogens is 278 g/mol. The molecule has 0 radical (unpaired) electrons. The summed E-state index contributed by atoms with van der Waals surface area (Å²) in [5.74, 6) is 1.55. The number of rotatable bonds is 4. The molecule has 94 valence electrons. The highest BCUT2D eigenvalue weighted by molar-refractivity contribution is 9.10. The van der Waals surface area contributed by atoms with Crippen molar-refractivity contribution in [3.63, 3.8) is 0 Å². The topological polar surface area (TPSA) is 35.2 Å². The zero-order valence-electron chi connectivity index (χ0n) is 10.3. The largest absolute Gasteiger partial charge is 0.494 e. The smallest absolute Gasteiger partial charge is 0.124 e. The van der Waals surface area contributed by atoms with Gasteiger partial charge in [0.15, 0.2) is 0 Å². The number of nitrogens with two attached hydrogens (primary N) is 1. The maximum atomic E-state index is 6.40. The Labute approximate surface area is 112 Å². The highest BCUT2D eigenvalue weighted by Gasteiger charge is 2.25. The molecule has 2 N–H and O–H groups in total. The lowest BCUT2D eigenvalue weighted by molar-refractivity contribution is 0.327. The molecule has 1 fully saturated rings.